The number of carbonyl (C=O) groups excluding carboxylic acids is 2. The highest BCUT2D eigenvalue weighted by molar-refractivity contribution is 7.87. The first-order valence-electron chi connectivity index (χ1n) is 9.94. The summed E-state index contributed by atoms with van der Waals surface area (Å²) in [6.07, 6.45) is 5.34. The molecule has 3 aromatic carbocycles. The van der Waals surface area contributed by atoms with Crippen molar-refractivity contribution in [3.05, 3.63) is 89.0 Å². The summed E-state index contributed by atoms with van der Waals surface area (Å²) in [5.74, 6) is 1.63. The van der Waals surface area contributed by atoms with Crippen molar-refractivity contribution in [3.63, 3.8) is 0 Å². The van der Waals surface area contributed by atoms with Gasteiger partial charge in [-0.25, -0.2) is 0 Å². The van der Waals surface area contributed by atoms with E-state index in [0.717, 1.165) is 5.56 Å². The quantitative estimate of drug-likeness (QED) is 0.414. The minimum atomic E-state index is -4.02. The van der Waals surface area contributed by atoms with Crippen molar-refractivity contribution in [2.24, 2.45) is 0 Å². The summed E-state index contributed by atoms with van der Waals surface area (Å²) < 4.78 is 30.4. The molecule has 2 N–H and O–H groups in total. The van der Waals surface area contributed by atoms with Crippen LogP contribution in [0.25, 0.3) is 0 Å². The van der Waals surface area contributed by atoms with Crippen molar-refractivity contribution in [1.82, 2.24) is 5.32 Å². The lowest BCUT2D eigenvalue weighted by Crippen LogP contribution is -2.32. The summed E-state index contributed by atoms with van der Waals surface area (Å²) in [5, 5.41) is 5.15. The smallest absolute Gasteiger partial charge is 0.339 e. The number of carbonyl (C=O) groups is 2. The van der Waals surface area contributed by atoms with Crippen LogP contribution in [0.1, 0.15) is 27.0 Å². The molecule has 3 aromatic rings. The molecule has 168 valence electrons. The second-order valence-corrected chi connectivity index (χ2v) is 8.80. The van der Waals surface area contributed by atoms with Crippen molar-refractivity contribution >= 4 is 27.6 Å². The van der Waals surface area contributed by atoms with Crippen LogP contribution in [0.2, 0.25) is 0 Å². The number of anilines is 1. The summed E-state index contributed by atoms with van der Waals surface area (Å²) >= 11 is 0. The van der Waals surface area contributed by atoms with Crippen LogP contribution < -0.4 is 14.8 Å². The molecule has 0 spiro atoms. The maximum absolute atomic E-state index is 12.6. The van der Waals surface area contributed by atoms with Crippen LogP contribution in [0.4, 0.5) is 5.69 Å². The number of hydrogen-bond donors (Lipinski definition) is 2. The normalized spacial score (nSPS) is 10.7. The lowest BCUT2D eigenvalue weighted by Gasteiger charge is -2.11. The number of terminal acetylenes is 1. The van der Waals surface area contributed by atoms with Gasteiger partial charge in [0.2, 0.25) is 5.91 Å². The monoisotopic (exact) mass is 462 g/mol. The molecule has 0 fully saturated rings. The Morgan fingerprint density at radius 2 is 1.73 bits per heavy atom. The zero-order chi connectivity index (χ0) is 24.0. The van der Waals surface area contributed by atoms with Gasteiger partial charge in [0.1, 0.15) is 10.6 Å². The highest BCUT2D eigenvalue weighted by atomic mass is 32.2. The maximum atomic E-state index is 12.6. The van der Waals surface area contributed by atoms with Gasteiger partial charge in [-0.05, 0) is 73.5 Å². The van der Waals surface area contributed by atoms with E-state index in [4.69, 9.17) is 10.6 Å². The van der Waals surface area contributed by atoms with Crippen molar-refractivity contribution < 1.29 is 22.2 Å². The van der Waals surface area contributed by atoms with E-state index in [0.29, 0.717) is 16.8 Å². The maximum Gasteiger partial charge on any atom is 0.339 e. The van der Waals surface area contributed by atoms with E-state index in [9.17, 15) is 18.0 Å². The molecule has 0 unspecified atom stereocenters. The first kappa shape index (κ1) is 23.6. The minimum absolute atomic E-state index is 0.0681. The molecule has 0 aliphatic heterocycles. The van der Waals surface area contributed by atoms with E-state index in [1.165, 1.54) is 24.3 Å². The van der Waals surface area contributed by atoms with Crippen molar-refractivity contribution in [2.75, 3.05) is 11.9 Å². The van der Waals surface area contributed by atoms with Gasteiger partial charge in [0.15, 0.2) is 0 Å². The van der Waals surface area contributed by atoms with Gasteiger partial charge in [0.25, 0.3) is 5.91 Å². The van der Waals surface area contributed by atoms with E-state index in [1.807, 2.05) is 6.07 Å². The lowest BCUT2D eigenvalue weighted by atomic mass is 10.2. The zero-order valence-electron chi connectivity index (χ0n) is 18.1. The molecule has 7 nitrogen and oxygen atoms in total. The highest BCUT2D eigenvalue weighted by Crippen LogP contribution is 2.22. The molecular formula is C25H22N2O5S. The topological polar surface area (TPSA) is 102 Å². The number of aryl methyl sites for hydroxylation is 2. The Morgan fingerprint density at radius 1 is 1.00 bits per heavy atom. The fraction of sp³-hybridized carbons (Fsp3) is 0.120. The van der Waals surface area contributed by atoms with Gasteiger partial charge >= 0.3 is 10.1 Å². The van der Waals surface area contributed by atoms with Gasteiger partial charge in [-0.15, -0.1) is 6.42 Å². The minimum Gasteiger partial charge on any atom is -0.379 e. The van der Waals surface area contributed by atoms with Crippen molar-refractivity contribution in [3.8, 4) is 18.1 Å². The van der Waals surface area contributed by atoms with Gasteiger partial charge in [-0.3, -0.25) is 9.59 Å². The second-order valence-electron chi connectivity index (χ2n) is 7.29. The summed E-state index contributed by atoms with van der Waals surface area (Å²) in [5.41, 5.74) is 2.76. The number of benzene rings is 3. The molecule has 0 aliphatic rings. The number of amides is 2. The Hall–Kier alpha value is -4.09. The van der Waals surface area contributed by atoms with Crippen LogP contribution in [0.5, 0.6) is 5.75 Å². The number of rotatable bonds is 7. The molecule has 33 heavy (non-hydrogen) atoms. The average molecular weight is 463 g/mol. The number of nitrogens with one attached hydrogen (secondary N) is 2. The molecule has 3 rings (SSSR count). The van der Waals surface area contributed by atoms with Crippen LogP contribution in [0, 0.1) is 26.2 Å². The second kappa shape index (κ2) is 10.0. The average Bonchev–Trinajstić information content (AvgIpc) is 2.79. The first-order valence-corrected chi connectivity index (χ1v) is 11.4. The molecule has 0 saturated heterocycles. The lowest BCUT2D eigenvalue weighted by molar-refractivity contribution is -0.115. The SMILES string of the molecule is C#Cc1cccc(NC(=O)CNC(=O)c2ccc(OS(=O)(=O)c3cc(C)ccc3C)cc2)c1. The third kappa shape index (κ3) is 6.21. The van der Waals surface area contributed by atoms with Gasteiger partial charge in [-0.2, -0.15) is 8.42 Å². The molecule has 0 saturated carbocycles. The highest BCUT2D eigenvalue weighted by Gasteiger charge is 2.20. The fourth-order valence-corrected chi connectivity index (χ4v) is 4.21. The van der Waals surface area contributed by atoms with E-state index in [2.05, 4.69) is 16.6 Å². The van der Waals surface area contributed by atoms with E-state index in [1.54, 1.807) is 50.2 Å². The molecule has 2 amide bonds. The van der Waals surface area contributed by atoms with Crippen LogP contribution in [0.3, 0.4) is 0 Å². The molecule has 0 heterocycles. The summed E-state index contributed by atoms with van der Waals surface area (Å²) in [6, 6.07) is 17.4. The van der Waals surface area contributed by atoms with Gasteiger partial charge in [-0.1, -0.05) is 24.1 Å². The predicted molar refractivity (Wildman–Crippen MR) is 126 cm³/mol. The van der Waals surface area contributed by atoms with Crippen molar-refractivity contribution in [2.45, 2.75) is 18.7 Å². The summed E-state index contributed by atoms with van der Waals surface area (Å²) in [4.78, 5) is 24.5. The van der Waals surface area contributed by atoms with Crippen LogP contribution in [-0.2, 0) is 14.9 Å². The van der Waals surface area contributed by atoms with E-state index < -0.39 is 21.9 Å². The molecule has 0 radical (unpaired) electrons. The largest absolute Gasteiger partial charge is 0.379 e. The van der Waals surface area contributed by atoms with E-state index >= 15 is 0 Å². The molecular weight excluding hydrogens is 440 g/mol. The standard InChI is InChI=1S/C25H22N2O5S/c1-4-19-6-5-7-21(15-19)27-24(28)16-26-25(29)20-10-12-22(13-11-20)32-33(30,31)23-14-17(2)8-9-18(23)3/h1,5-15H,16H2,2-3H3,(H,26,29)(H,27,28). The number of hydrogen-bond acceptors (Lipinski definition) is 5. The Bertz CT molecular complexity index is 1340. The van der Waals surface area contributed by atoms with Crippen LogP contribution in [0.15, 0.2) is 71.6 Å². The zero-order valence-corrected chi connectivity index (χ0v) is 18.9. The van der Waals surface area contributed by atoms with Crippen molar-refractivity contribution in [1.29, 1.82) is 0 Å². The van der Waals surface area contributed by atoms with Gasteiger partial charge in [0.05, 0.1) is 6.54 Å². The molecule has 0 atom stereocenters. The van der Waals surface area contributed by atoms with E-state index in [-0.39, 0.29) is 22.8 Å². The summed E-state index contributed by atoms with van der Waals surface area (Å²) in [6.45, 7) is 3.23. The molecule has 0 bridgehead atoms. The van der Waals surface area contributed by atoms with Crippen LogP contribution >= 0.6 is 0 Å². The summed E-state index contributed by atoms with van der Waals surface area (Å²) in [7, 11) is -4.02. The molecule has 0 aliphatic carbocycles. The Balaban J connectivity index is 1.59. The van der Waals surface area contributed by atoms with Crippen LogP contribution in [-0.4, -0.2) is 26.8 Å². The van der Waals surface area contributed by atoms with Gasteiger partial charge in [0, 0.05) is 16.8 Å². The predicted octanol–water partition coefficient (Wildman–Crippen LogP) is 3.42. The third-order valence-electron chi connectivity index (χ3n) is 4.66. The first-order chi connectivity index (χ1) is 15.7. The third-order valence-corrected chi connectivity index (χ3v) is 6.05. The molecule has 8 heteroatoms. The van der Waals surface area contributed by atoms with Gasteiger partial charge < -0.3 is 14.8 Å². The fourth-order valence-electron chi connectivity index (χ4n) is 2.96. The Morgan fingerprint density at radius 3 is 2.42 bits per heavy atom. The molecule has 0 aromatic heterocycles. The Kier molecular flexibility index (Phi) is 7.16. The Labute approximate surface area is 192 Å².